The number of amides is 4. The van der Waals surface area contributed by atoms with E-state index in [-0.39, 0.29) is 81.6 Å². The number of nitrogens with zero attached hydrogens (tertiary/aromatic N) is 2. The number of urea groups is 1. The average molecular weight is 629 g/mol. The number of nitro groups is 1. The van der Waals surface area contributed by atoms with E-state index in [9.17, 15) is 29.3 Å². The average Bonchev–Trinajstić information content (AvgIpc) is 3.65. The molecule has 17 heteroatoms. The molecule has 0 saturated carbocycles. The smallest absolute Gasteiger partial charge is 0.332 e. The lowest BCUT2D eigenvalue weighted by Crippen LogP contribution is -2.36. The van der Waals surface area contributed by atoms with Crippen molar-refractivity contribution < 1.29 is 43.0 Å². The Balaban J connectivity index is 1.05. The summed E-state index contributed by atoms with van der Waals surface area (Å²) < 4.78 is 22.3. The predicted octanol–water partition coefficient (Wildman–Crippen LogP) is 0.0981. The first-order valence-corrected chi connectivity index (χ1v) is 15.2. The minimum Gasteiger partial charge on any atom is -0.462 e. The third-order valence-electron chi connectivity index (χ3n) is 6.70. The number of esters is 1. The SMILES string of the molecule is Cn1cc([N+](=O)[O-])cc1C(=O)NCCOCCOCC(=O)OCCOCCNC(=O)CCCC[C@@H]1SC[C@@H]2NC(=O)N[C@@H]21. The molecule has 0 aromatic carbocycles. The molecule has 4 N–H and O–H groups in total. The van der Waals surface area contributed by atoms with E-state index in [1.54, 1.807) is 7.05 Å². The first-order valence-electron chi connectivity index (χ1n) is 14.2. The number of carbonyl (C=O) groups is 4. The fraction of sp³-hybridized carbons (Fsp3) is 0.692. The molecule has 4 amide bonds. The lowest BCUT2D eigenvalue weighted by atomic mass is 10.0. The first kappa shape index (κ1) is 34.1. The monoisotopic (exact) mass is 628 g/mol. The number of rotatable bonds is 21. The summed E-state index contributed by atoms with van der Waals surface area (Å²) in [5, 5.41) is 22.5. The molecule has 16 nitrogen and oxygen atoms in total. The van der Waals surface area contributed by atoms with Gasteiger partial charge in [-0.2, -0.15) is 11.8 Å². The first-order chi connectivity index (χ1) is 20.7. The molecule has 0 spiro atoms. The summed E-state index contributed by atoms with van der Waals surface area (Å²) in [6, 6.07) is 1.51. The van der Waals surface area contributed by atoms with Gasteiger partial charge in [-0.3, -0.25) is 19.7 Å². The Morgan fingerprint density at radius 3 is 2.51 bits per heavy atom. The number of ether oxygens (including phenoxy) is 4. The number of aryl methyl sites for hydroxylation is 1. The fourth-order valence-corrected chi connectivity index (χ4v) is 6.10. The van der Waals surface area contributed by atoms with Crippen molar-refractivity contribution in [3.63, 3.8) is 0 Å². The topological polar surface area (TPSA) is 201 Å². The van der Waals surface area contributed by atoms with Gasteiger partial charge in [-0.1, -0.05) is 6.42 Å². The number of hydrogen-bond acceptors (Lipinski definition) is 11. The second-order valence-corrected chi connectivity index (χ2v) is 11.2. The molecule has 1 aromatic heterocycles. The van der Waals surface area contributed by atoms with Crippen molar-refractivity contribution >= 4 is 41.3 Å². The maximum absolute atomic E-state index is 12.1. The van der Waals surface area contributed by atoms with Crippen LogP contribution in [0.2, 0.25) is 0 Å². The van der Waals surface area contributed by atoms with Gasteiger partial charge in [0.25, 0.3) is 11.6 Å². The standard InChI is InChI=1S/C26H40N6O10S/c1-31-15-18(32(37)38)14-20(31)25(35)28-7-9-39-10-11-41-16-23(34)42-13-12-40-8-6-27-22(33)5-3-2-4-21-24-19(17-43-21)29-26(36)30-24/h14-15,19,21,24H,2-13,16-17H2,1H3,(H,27,33)(H,28,35)(H2,29,30,36)/t19-,21-,24-/m0/s1. The van der Waals surface area contributed by atoms with E-state index in [1.165, 1.54) is 16.8 Å². The number of hydrogen-bond donors (Lipinski definition) is 4. The molecule has 43 heavy (non-hydrogen) atoms. The normalized spacial score (nSPS) is 18.9. The Kier molecular flexibility index (Phi) is 14.5. The van der Waals surface area contributed by atoms with Gasteiger partial charge in [0, 0.05) is 43.6 Å². The number of carbonyl (C=O) groups excluding carboxylic acids is 4. The molecule has 2 saturated heterocycles. The summed E-state index contributed by atoms with van der Waals surface area (Å²) in [6.07, 6.45) is 4.38. The van der Waals surface area contributed by atoms with Crippen molar-refractivity contribution in [1.82, 2.24) is 25.8 Å². The van der Waals surface area contributed by atoms with E-state index >= 15 is 0 Å². The van der Waals surface area contributed by atoms with Crippen LogP contribution in [0.3, 0.4) is 0 Å². The molecule has 3 rings (SSSR count). The van der Waals surface area contributed by atoms with Crippen LogP contribution in [0.4, 0.5) is 10.5 Å². The number of unbranched alkanes of at least 4 members (excludes halogenated alkanes) is 1. The maximum atomic E-state index is 12.1. The second-order valence-electron chi connectivity index (χ2n) is 9.92. The van der Waals surface area contributed by atoms with Crippen LogP contribution in [0.5, 0.6) is 0 Å². The molecule has 0 unspecified atom stereocenters. The lowest BCUT2D eigenvalue weighted by molar-refractivity contribution is -0.384. The molecular formula is C26H40N6O10S. The number of nitrogens with one attached hydrogen (secondary N) is 4. The summed E-state index contributed by atoms with van der Waals surface area (Å²) in [6.45, 7) is 1.44. The van der Waals surface area contributed by atoms with Crippen LogP contribution < -0.4 is 21.3 Å². The van der Waals surface area contributed by atoms with Crippen LogP contribution in [-0.4, -0.2) is 116 Å². The molecule has 1 aromatic rings. The van der Waals surface area contributed by atoms with E-state index in [4.69, 9.17) is 18.9 Å². The van der Waals surface area contributed by atoms with Crippen molar-refractivity contribution in [2.45, 2.75) is 43.0 Å². The van der Waals surface area contributed by atoms with Crippen LogP contribution in [0.1, 0.15) is 36.2 Å². The van der Waals surface area contributed by atoms with Crippen LogP contribution in [0, 0.1) is 10.1 Å². The summed E-state index contributed by atoms with van der Waals surface area (Å²) in [5.74, 6) is -0.0992. The molecule has 2 fully saturated rings. The molecular weight excluding hydrogens is 588 g/mol. The highest BCUT2D eigenvalue weighted by atomic mass is 32.2. The lowest BCUT2D eigenvalue weighted by Gasteiger charge is -2.16. The third-order valence-corrected chi connectivity index (χ3v) is 8.21. The second kappa shape index (κ2) is 18.3. The van der Waals surface area contributed by atoms with E-state index < -0.39 is 16.8 Å². The van der Waals surface area contributed by atoms with Gasteiger partial charge in [0.1, 0.15) is 18.9 Å². The highest BCUT2D eigenvalue weighted by molar-refractivity contribution is 8.00. The molecule has 3 heterocycles. The zero-order chi connectivity index (χ0) is 31.0. The summed E-state index contributed by atoms with van der Waals surface area (Å²) in [7, 11) is 1.54. The van der Waals surface area contributed by atoms with Crippen LogP contribution in [0.25, 0.3) is 0 Å². The number of aromatic nitrogens is 1. The maximum Gasteiger partial charge on any atom is 0.332 e. The van der Waals surface area contributed by atoms with Gasteiger partial charge in [0.15, 0.2) is 0 Å². The van der Waals surface area contributed by atoms with Crippen molar-refractivity contribution in [2.75, 3.05) is 65.1 Å². The predicted molar refractivity (Wildman–Crippen MR) is 155 cm³/mol. The van der Waals surface area contributed by atoms with E-state index in [0.29, 0.717) is 24.8 Å². The Morgan fingerprint density at radius 2 is 1.77 bits per heavy atom. The van der Waals surface area contributed by atoms with Crippen LogP contribution in [-0.2, 0) is 35.6 Å². The summed E-state index contributed by atoms with van der Waals surface area (Å²) in [4.78, 5) is 57.4. The molecule has 0 bridgehead atoms. The van der Waals surface area contributed by atoms with Crippen molar-refractivity contribution in [1.29, 1.82) is 0 Å². The fourth-order valence-electron chi connectivity index (χ4n) is 4.56. The molecule has 2 aliphatic heterocycles. The van der Waals surface area contributed by atoms with Gasteiger partial charge in [-0.25, -0.2) is 9.59 Å². The quantitative estimate of drug-likeness (QED) is 0.0473. The largest absolute Gasteiger partial charge is 0.462 e. The van der Waals surface area contributed by atoms with Crippen LogP contribution >= 0.6 is 11.8 Å². The molecule has 2 aliphatic rings. The van der Waals surface area contributed by atoms with Crippen molar-refractivity contribution in [3.8, 4) is 0 Å². The van der Waals surface area contributed by atoms with Gasteiger partial charge in [0.05, 0.1) is 56.2 Å². The van der Waals surface area contributed by atoms with Gasteiger partial charge in [0.2, 0.25) is 5.91 Å². The highest BCUT2D eigenvalue weighted by Gasteiger charge is 2.42. The minimum absolute atomic E-state index is 0.0332. The minimum atomic E-state index is -0.569. The Bertz CT molecular complexity index is 1100. The van der Waals surface area contributed by atoms with Crippen molar-refractivity contribution in [3.05, 3.63) is 28.1 Å². The van der Waals surface area contributed by atoms with Crippen molar-refractivity contribution in [2.24, 2.45) is 7.05 Å². The zero-order valence-electron chi connectivity index (χ0n) is 24.2. The number of thioether (sulfide) groups is 1. The molecule has 0 aliphatic carbocycles. The summed E-state index contributed by atoms with van der Waals surface area (Å²) in [5.41, 5.74) is 0.00455. The Labute approximate surface area is 253 Å². The Morgan fingerprint density at radius 1 is 1.05 bits per heavy atom. The Hall–Kier alpha value is -3.41. The van der Waals surface area contributed by atoms with Gasteiger partial charge >= 0.3 is 12.0 Å². The van der Waals surface area contributed by atoms with Gasteiger partial charge in [-0.05, 0) is 12.8 Å². The third kappa shape index (κ3) is 12.0. The number of fused-ring (bicyclic) bond motifs is 1. The molecule has 0 radical (unpaired) electrons. The van der Waals surface area contributed by atoms with E-state index in [0.717, 1.165) is 25.0 Å². The molecule has 3 atom stereocenters. The van der Waals surface area contributed by atoms with E-state index in [2.05, 4.69) is 21.3 Å². The van der Waals surface area contributed by atoms with E-state index in [1.807, 2.05) is 11.8 Å². The zero-order valence-corrected chi connectivity index (χ0v) is 25.0. The van der Waals surface area contributed by atoms with Gasteiger partial charge in [-0.15, -0.1) is 0 Å². The van der Waals surface area contributed by atoms with Crippen LogP contribution in [0.15, 0.2) is 12.3 Å². The highest BCUT2D eigenvalue weighted by Crippen LogP contribution is 2.33. The van der Waals surface area contributed by atoms with Gasteiger partial charge < -0.3 is 44.8 Å². The summed E-state index contributed by atoms with van der Waals surface area (Å²) >= 11 is 1.87. The molecule has 240 valence electrons.